The van der Waals surface area contributed by atoms with Crippen molar-refractivity contribution in [3.63, 3.8) is 0 Å². The van der Waals surface area contributed by atoms with Crippen LogP contribution in [0.3, 0.4) is 0 Å². The molecule has 1 saturated heterocycles. The smallest absolute Gasteiger partial charge is 0.264 e. The van der Waals surface area contributed by atoms with E-state index >= 15 is 0 Å². The van der Waals surface area contributed by atoms with Crippen molar-refractivity contribution in [3.8, 4) is 17.6 Å². The maximum atomic E-state index is 12.5. The van der Waals surface area contributed by atoms with Crippen LogP contribution in [0.25, 0.3) is 6.08 Å². The second kappa shape index (κ2) is 6.62. The third kappa shape index (κ3) is 3.18. The summed E-state index contributed by atoms with van der Waals surface area (Å²) in [6.07, 6.45) is 1.54. The van der Waals surface area contributed by atoms with Crippen LogP contribution in [0.5, 0.6) is 11.5 Å². The van der Waals surface area contributed by atoms with Crippen LogP contribution in [0.4, 0.5) is 0 Å². The third-order valence-corrected chi connectivity index (χ3v) is 4.07. The minimum Gasteiger partial charge on any atom is -0.454 e. The Morgan fingerprint density at radius 3 is 2.46 bits per heavy atom. The van der Waals surface area contributed by atoms with Crippen LogP contribution >= 0.6 is 0 Å². The van der Waals surface area contributed by atoms with E-state index in [2.05, 4.69) is 0 Å². The summed E-state index contributed by atoms with van der Waals surface area (Å²) in [6.45, 7) is 3.52. The molecule has 1 aromatic carbocycles. The molecule has 2 aliphatic heterocycles. The average molecular weight is 327 g/mol. The number of hydrogen-bond acceptors (Lipinski definition) is 5. The summed E-state index contributed by atoms with van der Waals surface area (Å²) in [7, 11) is 0. The normalized spacial score (nSPS) is 16.8. The molecular weight excluding hydrogens is 310 g/mol. The molecule has 124 valence electrons. The molecular formula is C17H17N3O4. The van der Waals surface area contributed by atoms with Crippen molar-refractivity contribution in [2.75, 3.05) is 33.0 Å². The number of hydrogen-bond donors (Lipinski definition) is 0. The van der Waals surface area contributed by atoms with Gasteiger partial charge >= 0.3 is 0 Å². The van der Waals surface area contributed by atoms with Gasteiger partial charge in [-0.3, -0.25) is 9.59 Å². The van der Waals surface area contributed by atoms with Crippen LogP contribution < -0.4 is 9.47 Å². The lowest BCUT2D eigenvalue weighted by atomic mass is 10.1. The fraction of sp³-hybridized carbons (Fsp3) is 0.353. The minimum absolute atomic E-state index is 0.00138. The first kappa shape index (κ1) is 15.9. The summed E-state index contributed by atoms with van der Waals surface area (Å²) in [5, 5.41) is 9.34. The molecule has 2 aliphatic rings. The molecule has 0 saturated carbocycles. The number of rotatable bonds is 2. The molecule has 0 atom stereocenters. The molecule has 0 spiro atoms. The Hall–Kier alpha value is -3.01. The Morgan fingerprint density at radius 1 is 1.12 bits per heavy atom. The van der Waals surface area contributed by atoms with E-state index in [0.29, 0.717) is 43.2 Å². The Bertz CT molecular complexity index is 743. The number of carbonyl (C=O) groups excluding carboxylic acids is 2. The molecule has 0 radical (unpaired) electrons. The molecule has 7 nitrogen and oxygen atoms in total. The zero-order valence-electron chi connectivity index (χ0n) is 13.3. The van der Waals surface area contributed by atoms with Crippen LogP contribution in [0.1, 0.15) is 12.5 Å². The summed E-state index contributed by atoms with van der Waals surface area (Å²) >= 11 is 0. The number of fused-ring (bicyclic) bond motifs is 1. The molecule has 7 heteroatoms. The van der Waals surface area contributed by atoms with Gasteiger partial charge in [0.05, 0.1) is 0 Å². The summed E-state index contributed by atoms with van der Waals surface area (Å²) in [4.78, 5) is 27.1. The monoisotopic (exact) mass is 327 g/mol. The molecule has 0 bridgehead atoms. The molecule has 2 amide bonds. The first-order valence-electron chi connectivity index (χ1n) is 7.64. The van der Waals surface area contributed by atoms with Gasteiger partial charge in [-0.15, -0.1) is 0 Å². The van der Waals surface area contributed by atoms with E-state index in [0.717, 1.165) is 0 Å². The first-order valence-corrected chi connectivity index (χ1v) is 7.64. The molecule has 0 aromatic heterocycles. The first-order chi connectivity index (χ1) is 11.6. The molecule has 0 N–H and O–H groups in total. The van der Waals surface area contributed by atoms with Gasteiger partial charge in [-0.25, -0.2) is 0 Å². The zero-order valence-corrected chi connectivity index (χ0v) is 13.3. The predicted molar refractivity (Wildman–Crippen MR) is 85.0 cm³/mol. The van der Waals surface area contributed by atoms with E-state index in [1.807, 2.05) is 6.07 Å². The van der Waals surface area contributed by atoms with Crippen LogP contribution in [-0.2, 0) is 9.59 Å². The number of ether oxygens (including phenoxy) is 2. The number of nitriles is 1. The van der Waals surface area contributed by atoms with Gasteiger partial charge in [0.15, 0.2) is 11.5 Å². The Morgan fingerprint density at radius 2 is 1.79 bits per heavy atom. The minimum atomic E-state index is -0.321. The standard InChI is InChI=1S/C17H17N3O4/c1-12(21)19-4-6-20(7-5-19)17(22)14(10-18)8-13-2-3-15-16(9-13)24-11-23-15/h2-3,8-9H,4-7,11H2,1H3/b14-8+. The molecule has 0 unspecified atom stereocenters. The number of benzene rings is 1. The number of carbonyl (C=O) groups is 2. The maximum Gasteiger partial charge on any atom is 0.264 e. The molecule has 0 aliphatic carbocycles. The summed E-state index contributed by atoms with van der Waals surface area (Å²) in [6, 6.07) is 7.22. The van der Waals surface area contributed by atoms with Gasteiger partial charge in [-0.1, -0.05) is 6.07 Å². The second-order valence-corrected chi connectivity index (χ2v) is 5.58. The second-order valence-electron chi connectivity index (χ2n) is 5.58. The van der Waals surface area contributed by atoms with Gasteiger partial charge in [-0.2, -0.15) is 5.26 Å². The number of amides is 2. The molecule has 2 heterocycles. The van der Waals surface area contributed by atoms with Crippen LogP contribution in [0, 0.1) is 11.3 Å². The van der Waals surface area contributed by atoms with E-state index < -0.39 is 0 Å². The summed E-state index contributed by atoms with van der Waals surface area (Å²) in [5.41, 5.74) is 0.761. The van der Waals surface area contributed by atoms with Gasteiger partial charge < -0.3 is 19.3 Å². The quantitative estimate of drug-likeness (QED) is 0.598. The molecule has 1 fully saturated rings. The van der Waals surface area contributed by atoms with E-state index in [9.17, 15) is 14.9 Å². The SMILES string of the molecule is CC(=O)N1CCN(C(=O)/C(C#N)=C/c2ccc3c(c2)OCO3)CC1. The lowest BCUT2D eigenvalue weighted by Gasteiger charge is -2.34. The highest BCUT2D eigenvalue weighted by molar-refractivity contribution is 6.01. The van der Waals surface area contributed by atoms with Crippen molar-refractivity contribution in [2.45, 2.75) is 6.92 Å². The average Bonchev–Trinajstić information content (AvgIpc) is 3.07. The van der Waals surface area contributed by atoms with Crippen molar-refractivity contribution in [2.24, 2.45) is 0 Å². The maximum absolute atomic E-state index is 12.5. The van der Waals surface area contributed by atoms with Crippen LogP contribution in [0.15, 0.2) is 23.8 Å². The van der Waals surface area contributed by atoms with Crippen molar-refractivity contribution in [1.82, 2.24) is 9.80 Å². The van der Waals surface area contributed by atoms with Gasteiger partial charge in [0, 0.05) is 33.1 Å². The third-order valence-electron chi connectivity index (χ3n) is 4.07. The van der Waals surface area contributed by atoms with Gasteiger partial charge in [0.2, 0.25) is 12.7 Å². The highest BCUT2D eigenvalue weighted by Crippen LogP contribution is 2.33. The Kier molecular flexibility index (Phi) is 4.38. The Balaban J connectivity index is 1.73. The van der Waals surface area contributed by atoms with Crippen molar-refractivity contribution < 1.29 is 19.1 Å². The van der Waals surface area contributed by atoms with Gasteiger partial charge in [-0.05, 0) is 23.8 Å². The van der Waals surface area contributed by atoms with E-state index in [1.54, 1.807) is 34.1 Å². The van der Waals surface area contributed by atoms with Crippen molar-refractivity contribution >= 4 is 17.9 Å². The van der Waals surface area contributed by atoms with Crippen LogP contribution in [-0.4, -0.2) is 54.6 Å². The Labute approximate surface area is 139 Å². The van der Waals surface area contributed by atoms with Crippen molar-refractivity contribution in [1.29, 1.82) is 5.26 Å². The van der Waals surface area contributed by atoms with E-state index in [-0.39, 0.29) is 24.2 Å². The fourth-order valence-corrected chi connectivity index (χ4v) is 2.71. The van der Waals surface area contributed by atoms with E-state index in [1.165, 1.54) is 6.92 Å². The topological polar surface area (TPSA) is 82.9 Å². The molecule has 3 rings (SSSR count). The number of nitrogens with zero attached hydrogens (tertiary/aromatic N) is 3. The predicted octanol–water partition coefficient (Wildman–Crippen LogP) is 1.01. The largest absolute Gasteiger partial charge is 0.454 e. The molecule has 1 aromatic rings. The van der Waals surface area contributed by atoms with Crippen LogP contribution in [0.2, 0.25) is 0 Å². The highest BCUT2D eigenvalue weighted by atomic mass is 16.7. The van der Waals surface area contributed by atoms with E-state index in [4.69, 9.17) is 9.47 Å². The molecule has 24 heavy (non-hydrogen) atoms. The fourth-order valence-electron chi connectivity index (χ4n) is 2.71. The highest BCUT2D eigenvalue weighted by Gasteiger charge is 2.24. The summed E-state index contributed by atoms with van der Waals surface area (Å²) in [5.74, 6) is 0.928. The lowest BCUT2D eigenvalue weighted by Crippen LogP contribution is -2.50. The lowest BCUT2D eigenvalue weighted by molar-refractivity contribution is -0.135. The van der Waals surface area contributed by atoms with Gasteiger partial charge in [0.1, 0.15) is 11.6 Å². The number of piperazine rings is 1. The van der Waals surface area contributed by atoms with Gasteiger partial charge in [0.25, 0.3) is 5.91 Å². The summed E-state index contributed by atoms with van der Waals surface area (Å²) < 4.78 is 10.5. The van der Waals surface area contributed by atoms with Crippen molar-refractivity contribution in [3.05, 3.63) is 29.3 Å². The zero-order chi connectivity index (χ0) is 17.1.